The Morgan fingerprint density at radius 2 is 2.12 bits per heavy atom. The van der Waals surface area contributed by atoms with E-state index in [1.165, 1.54) is 19.1 Å². The van der Waals surface area contributed by atoms with E-state index in [-0.39, 0.29) is 24.1 Å². The average molecular weight is 377 g/mol. The summed E-state index contributed by atoms with van der Waals surface area (Å²) in [6.45, 7) is 2.96. The van der Waals surface area contributed by atoms with E-state index in [1.54, 1.807) is 15.9 Å². The number of benzene rings is 1. The summed E-state index contributed by atoms with van der Waals surface area (Å²) in [5, 5.41) is -0.0186. The second-order valence-corrected chi connectivity index (χ2v) is 7.91. The van der Waals surface area contributed by atoms with E-state index in [0.29, 0.717) is 36.8 Å². The predicted molar refractivity (Wildman–Crippen MR) is 93.1 cm³/mol. The van der Waals surface area contributed by atoms with Gasteiger partial charge in [0.15, 0.2) is 5.13 Å². The number of rotatable bonds is 2. The quantitative estimate of drug-likeness (QED) is 0.808. The van der Waals surface area contributed by atoms with Crippen LogP contribution in [0, 0.1) is 10.9 Å². The van der Waals surface area contributed by atoms with Gasteiger partial charge >= 0.3 is 0 Å². The van der Waals surface area contributed by atoms with Gasteiger partial charge in [-0.25, -0.2) is 9.37 Å². The van der Waals surface area contributed by atoms with E-state index >= 15 is 0 Å². The van der Waals surface area contributed by atoms with Gasteiger partial charge in [0.1, 0.15) is 10.8 Å². The summed E-state index contributed by atoms with van der Waals surface area (Å²) in [5.74, 6) is -0.589. The molecule has 136 valence electrons. The lowest BCUT2D eigenvalue weighted by atomic mass is 9.81. The number of hydrogen-bond donors (Lipinski definition) is 0. The maximum atomic E-state index is 13.9. The third kappa shape index (κ3) is 2.78. The Hall–Kier alpha value is -2.35. The van der Waals surface area contributed by atoms with E-state index in [2.05, 4.69) is 4.98 Å². The minimum absolute atomic E-state index is 0.00208. The fourth-order valence-electron chi connectivity index (χ4n) is 3.95. The first-order valence-electron chi connectivity index (χ1n) is 8.34. The van der Waals surface area contributed by atoms with Gasteiger partial charge in [0.2, 0.25) is 11.8 Å². The third-order valence-corrected chi connectivity index (χ3v) is 6.00. The predicted octanol–water partition coefficient (Wildman–Crippen LogP) is 2.50. The number of aromatic nitrogens is 1. The van der Waals surface area contributed by atoms with Gasteiger partial charge in [-0.1, -0.05) is 11.3 Å². The monoisotopic (exact) mass is 377 g/mol. The lowest BCUT2D eigenvalue weighted by Crippen LogP contribution is -2.40. The molecule has 0 aliphatic carbocycles. The number of anilines is 1. The highest BCUT2D eigenvalue weighted by Gasteiger charge is 2.49. The summed E-state index contributed by atoms with van der Waals surface area (Å²) in [6, 6.07) is 4.41. The van der Waals surface area contributed by atoms with E-state index in [4.69, 9.17) is 0 Å². The van der Waals surface area contributed by atoms with Crippen molar-refractivity contribution in [2.24, 2.45) is 0 Å². The fourth-order valence-corrected chi connectivity index (χ4v) is 4.58. The molecule has 0 N–H and O–H groups in total. The first kappa shape index (κ1) is 17.1. The van der Waals surface area contributed by atoms with Crippen molar-refractivity contribution in [3.05, 3.63) is 45.9 Å². The molecule has 3 heterocycles. The van der Waals surface area contributed by atoms with Gasteiger partial charge in [0.25, 0.3) is 0 Å². The van der Waals surface area contributed by atoms with E-state index < -0.39 is 10.5 Å². The van der Waals surface area contributed by atoms with Gasteiger partial charge in [-0.15, -0.1) is 0 Å². The molecule has 1 aromatic heterocycles. The Bertz CT molecular complexity index is 900. The number of nitrogens with zero attached hydrogens (tertiary/aromatic N) is 3. The minimum atomic E-state index is -0.451. The topological polar surface area (TPSA) is 53.5 Å². The molecule has 2 aromatic rings. The Kier molecular flexibility index (Phi) is 4.02. The van der Waals surface area contributed by atoms with Crippen LogP contribution in [0.2, 0.25) is 0 Å². The molecule has 5 nitrogen and oxygen atoms in total. The standard InChI is InChI=1S/C18H17F2N3O2S/c1-11(24)22-5-4-18(9-22)10-23(14-3-2-12(19)6-13(14)18)17(25)7-16-21-8-15(20)26-16/h2-3,6,8H,4-5,7,9-10H2,1H3. The number of amides is 2. The third-order valence-electron chi connectivity index (χ3n) is 5.21. The van der Waals surface area contributed by atoms with Gasteiger partial charge in [0.05, 0.1) is 12.6 Å². The number of carbonyl (C=O) groups is 2. The molecule has 0 saturated carbocycles. The summed E-state index contributed by atoms with van der Waals surface area (Å²) in [7, 11) is 0. The van der Waals surface area contributed by atoms with E-state index in [9.17, 15) is 18.4 Å². The minimum Gasteiger partial charge on any atom is -0.342 e. The lowest BCUT2D eigenvalue weighted by Gasteiger charge is -2.25. The highest BCUT2D eigenvalue weighted by Crippen LogP contribution is 2.46. The molecule has 1 spiro atoms. The largest absolute Gasteiger partial charge is 0.342 e. The second-order valence-electron chi connectivity index (χ2n) is 6.85. The van der Waals surface area contributed by atoms with Gasteiger partial charge in [-0.2, -0.15) is 4.39 Å². The number of hydrogen-bond acceptors (Lipinski definition) is 4. The van der Waals surface area contributed by atoms with Crippen molar-refractivity contribution < 1.29 is 18.4 Å². The van der Waals surface area contributed by atoms with Crippen molar-refractivity contribution >= 4 is 28.8 Å². The van der Waals surface area contributed by atoms with Crippen LogP contribution in [0.4, 0.5) is 14.5 Å². The molecule has 2 aliphatic heterocycles. The Balaban J connectivity index is 1.66. The summed E-state index contributed by atoms with van der Waals surface area (Å²) in [6.07, 6.45) is 1.78. The van der Waals surface area contributed by atoms with Crippen LogP contribution in [0.5, 0.6) is 0 Å². The molecular formula is C18H17F2N3O2S. The molecule has 1 unspecified atom stereocenters. The van der Waals surface area contributed by atoms with Gasteiger partial charge < -0.3 is 9.80 Å². The first-order chi connectivity index (χ1) is 12.4. The summed E-state index contributed by atoms with van der Waals surface area (Å²) >= 11 is 0.848. The molecule has 1 saturated heterocycles. The summed E-state index contributed by atoms with van der Waals surface area (Å²) in [4.78, 5) is 31.8. The highest BCUT2D eigenvalue weighted by atomic mass is 32.1. The Morgan fingerprint density at radius 1 is 1.31 bits per heavy atom. The molecule has 4 rings (SSSR count). The molecule has 0 radical (unpaired) electrons. The zero-order chi connectivity index (χ0) is 18.5. The van der Waals surface area contributed by atoms with E-state index in [0.717, 1.165) is 23.1 Å². The number of likely N-dealkylation sites (tertiary alicyclic amines) is 1. The zero-order valence-electron chi connectivity index (χ0n) is 14.2. The van der Waals surface area contributed by atoms with Crippen LogP contribution >= 0.6 is 11.3 Å². The highest BCUT2D eigenvalue weighted by molar-refractivity contribution is 7.10. The maximum Gasteiger partial charge on any atom is 0.233 e. The van der Waals surface area contributed by atoms with Gasteiger partial charge in [0, 0.05) is 37.7 Å². The van der Waals surface area contributed by atoms with Crippen molar-refractivity contribution in [2.75, 3.05) is 24.5 Å². The Labute approximate surface area is 153 Å². The van der Waals surface area contributed by atoms with Gasteiger partial charge in [-0.3, -0.25) is 9.59 Å². The van der Waals surface area contributed by atoms with Crippen LogP contribution < -0.4 is 4.90 Å². The van der Waals surface area contributed by atoms with Crippen molar-refractivity contribution in [2.45, 2.75) is 25.2 Å². The number of carbonyl (C=O) groups excluding carboxylic acids is 2. The van der Waals surface area contributed by atoms with Gasteiger partial charge in [-0.05, 0) is 30.2 Å². The summed E-state index contributed by atoms with van der Waals surface area (Å²) in [5.41, 5.74) is 0.978. The van der Waals surface area contributed by atoms with Crippen molar-refractivity contribution in [1.82, 2.24) is 9.88 Å². The zero-order valence-corrected chi connectivity index (χ0v) is 15.0. The molecule has 0 bridgehead atoms. The second kappa shape index (κ2) is 6.12. The molecule has 1 atom stereocenters. The molecule has 1 aromatic carbocycles. The maximum absolute atomic E-state index is 13.9. The lowest BCUT2D eigenvalue weighted by molar-refractivity contribution is -0.127. The van der Waals surface area contributed by atoms with Crippen molar-refractivity contribution in [1.29, 1.82) is 0 Å². The van der Waals surface area contributed by atoms with Crippen LogP contribution in [0.1, 0.15) is 23.9 Å². The van der Waals surface area contributed by atoms with Crippen LogP contribution in [0.15, 0.2) is 24.4 Å². The normalized spacial score (nSPS) is 21.5. The van der Waals surface area contributed by atoms with Crippen molar-refractivity contribution in [3.63, 3.8) is 0 Å². The Morgan fingerprint density at radius 3 is 2.77 bits per heavy atom. The first-order valence-corrected chi connectivity index (χ1v) is 9.16. The summed E-state index contributed by atoms with van der Waals surface area (Å²) < 4.78 is 27.0. The smallest absolute Gasteiger partial charge is 0.233 e. The van der Waals surface area contributed by atoms with E-state index in [1.807, 2.05) is 0 Å². The van der Waals surface area contributed by atoms with Crippen LogP contribution in [0.25, 0.3) is 0 Å². The number of thiazole rings is 1. The molecule has 8 heteroatoms. The van der Waals surface area contributed by atoms with Crippen LogP contribution in [0.3, 0.4) is 0 Å². The SMILES string of the molecule is CC(=O)N1CCC2(C1)CN(C(=O)Cc1ncc(F)s1)c1ccc(F)cc12. The number of halogens is 2. The van der Waals surface area contributed by atoms with Crippen LogP contribution in [-0.4, -0.2) is 41.3 Å². The number of fused-ring (bicyclic) bond motifs is 2. The molecular weight excluding hydrogens is 360 g/mol. The fraction of sp³-hybridized carbons (Fsp3) is 0.389. The average Bonchev–Trinajstić information content (AvgIpc) is 3.27. The van der Waals surface area contributed by atoms with Crippen LogP contribution in [-0.2, 0) is 21.4 Å². The molecule has 26 heavy (non-hydrogen) atoms. The molecule has 2 amide bonds. The van der Waals surface area contributed by atoms with Crippen molar-refractivity contribution in [3.8, 4) is 0 Å². The molecule has 2 aliphatic rings. The molecule has 1 fully saturated rings.